The quantitative estimate of drug-likeness (QED) is 0.930. The van der Waals surface area contributed by atoms with Crippen molar-refractivity contribution in [1.29, 1.82) is 0 Å². The summed E-state index contributed by atoms with van der Waals surface area (Å²) in [7, 11) is -3.64. The van der Waals surface area contributed by atoms with Crippen molar-refractivity contribution in [3.63, 3.8) is 0 Å². The maximum Gasteiger partial charge on any atom is 0.245 e. The van der Waals surface area contributed by atoms with E-state index in [-0.39, 0.29) is 21.9 Å². The second-order valence-corrected chi connectivity index (χ2v) is 7.93. The van der Waals surface area contributed by atoms with Crippen LogP contribution in [0.15, 0.2) is 11.0 Å². The van der Waals surface area contributed by atoms with E-state index in [4.69, 9.17) is 28.3 Å². The molecule has 1 aromatic rings. The Morgan fingerprint density at radius 2 is 2.24 bits per heavy atom. The summed E-state index contributed by atoms with van der Waals surface area (Å²) in [5.41, 5.74) is 0. The van der Waals surface area contributed by atoms with Crippen LogP contribution in [0.3, 0.4) is 0 Å². The average Bonchev–Trinajstić information content (AvgIpc) is 2.84. The van der Waals surface area contributed by atoms with Crippen LogP contribution in [0.1, 0.15) is 12.8 Å². The van der Waals surface area contributed by atoms with Gasteiger partial charge in [0.2, 0.25) is 10.0 Å². The molecule has 1 atom stereocenters. The highest BCUT2D eigenvalue weighted by molar-refractivity contribution is 7.89. The van der Waals surface area contributed by atoms with Gasteiger partial charge in [0.25, 0.3) is 0 Å². The molecule has 17 heavy (non-hydrogen) atoms. The number of aliphatic hydroxyl groups excluding tert-OH is 1. The smallest absolute Gasteiger partial charge is 0.245 e. The van der Waals surface area contributed by atoms with Gasteiger partial charge in [-0.25, -0.2) is 8.42 Å². The lowest BCUT2D eigenvalue weighted by atomic mass is 10.2. The Balaban J connectivity index is 2.39. The number of rotatable bonds is 3. The summed E-state index contributed by atoms with van der Waals surface area (Å²) >= 11 is 12.6. The first kappa shape index (κ1) is 13.6. The van der Waals surface area contributed by atoms with Gasteiger partial charge in [-0.05, 0) is 18.9 Å². The SMILES string of the molecule is O=S(=O)(c1cc(Cl)sc1Cl)N1CCC[C@@H]1CO. The van der Waals surface area contributed by atoms with Crippen molar-refractivity contribution < 1.29 is 13.5 Å². The Bertz CT molecular complexity index is 514. The lowest BCUT2D eigenvalue weighted by molar-refractivity contribution is 0.213. The van der Waals surface area contributed by atoms with E-state index >= 15 is 0 Å². The zero-order valence-electron chi connectivity index (χ0n) is 8.77. The first-order chi connectivity index (χ1) is 7.96. The topological polar surface area (TPSA) is 57.6 Å². The first-order valence-corrected chi connectivity index (χ1v) is 8.05. The Kier molecular flexibility index (Phi) is 4.02. The third-order valence-corrected chi connectivity index (χ3v) is 6.45. The fourth-order valence-corrected chi connectivity index (χ4v) is 5.73. The molecule has 2 rings (SSSR count). The molecular formula is C9H11Cl2NO3S2. The van der Waals surface area contributed by atoms with E-state index < -0.39 is 10.0 Å². The van der Waals surface area contributed by atoms with Gasteiger partial charge in [0.1, 0.15) is 9.23 Å². The number of sulfonamides is 1. The highest BCUT2D eigenvalue weighted by atomic mass is 35.5. The van der Waals surface area contributed by atoms with Crippen LogP contribution in [-0.2, 0) is 10.0 Å². The van der Waals surface area contributed by atoms with Gasteiger partial charge in [-0.3, -0.25) is 0 Å². The molecule has 0 amide bonds. The molecule has 0 aliphatic carbocycles. The number of thiophene rings is 1. The molecule has 0 spiro atoms. The zero-order chi connectivity index (χ0) is 12.6. The molecule has 0 bridgehead atoms. The van der Waals surface area contributed by atoms with E-state index in [0.717, 1.165) is 17.8 Å². The minimum absolute atomic E-state index is 0.0366. The summed E-state index contributed by atoms with van der Waals surface area (Å²) in [6, 6.07) is 1.01. The van der Waals surface area contributed by atoms with Crippen molar-refractivity contribution in [3.05, 3.63) is 14.7 Å². The number of hydrogen-bond donors (Lipinski definition) is 1. The number of hydrogen-bond acceptors (Lipinski definition) is 4. The Labute approximate surface area is 114 Å². The van der Waals surface area contributed by atoms with Crippen molar-refractivity contribution in [1.82, 2.24) is 4.31 Å². The van der Waals surface area contributed by atoms with Gasteiger partial charge in [0, 0.05) is 12.6 Å². The summed E-state index contributed by atoms with van der Waals surface area (Å²) in [5, 5.41) is 9.16. The number of nitrogens with zero attached hydrogens (tertiary/aromatic N) is 1. The van der Waals surface area contributed by atoms with Crippen molar-refractivity contribution in [2.75, 3.05) is 13.2 Å². The summed E-state index contributed by atoms with van der Waals surface area (Å²) in [6.45, 7) is 0.242. The van der Waals surface area contributed by atoms with Gasteiger partial charge >= 0.3 is 0 Å². The standard InChI is InChI=1S/C9H11Cl2NO3S2/c10-8-4-7(9(11)16-8)17(14,15)12-3-1-2-6(12)5-13/h4,6,13H,1-3,5H2/t6-/m1/s1. The molecule has 1 aromatic heterocycles. The van der Waals surface area contributed by atoms with Crippen LogP contribution in [0, 0.1) is 0 Å². The fourth-order valence-electron chi connectivity index (χ4n) is 1.94. The average molecular weight is 316 g/mol. The van der Waals surface area contributed by atoms with Gasteiger partial charge in [-0.15, -0.1) is 11.3 Å². The molecule has 0 saturated carbocycles. The predicted octanol–water partition coefficient (Wildman–Crippen LogP) is 2.20. The van der Waals surface area contributed by atoms with Crippen molar-refractivity contribution in [3.8, 4) is 0 Å². The van der Waals surface area contributed by atoms with E-state index in [2.05, 4.69) is 0 Å². The lowest BCUT2D eigenvalue weighted by Gasteiger charge is -2.21. The van der Waals surface area contributed by atoms with Crippen LogP contribution in [0.2, 0.25) is 8.67 Å². The maximum absolute atomic E-state index is 12.3. The van der Waals surface area contributed by atoms with Gasteiger partial charge < -0.3 is 5.11 Å². The molecule has 0 aromatic carbocycles. The van der Waals surface area contributed by atoms with Gasteiger partial charge in [0.05, 0.1) is 10.9 Å². The molecule has 0 radical (unpaired) electrons. The van der Waals surface area contributed by atoms with Crippen LogP contribution in [-0.4, -0.2) is 37.0 Å². The third kappa shape index (κ3) is 2.47. The first-order valence-electron chi connectivity index (χ1n) is 5.04. The minimum atomic E-state index is -3.64. The summed E-state index contributed by atoms with van der Waals surface area (Å²) < 4.78 is 26.4. The molecule has 1 fully saturated rings. The molecule has 1 aliphatic rings. The molecule has 8 heteroatoms. The molecule has 0 unspecified atom stereocenters. The van der Waals surface area contributed by atoms with Gasteiger partial charge in [0.15, 0.2) is 0 Å². The number of aliphatic hydroxyl groups is 1. The van der Waals surface area contributed by atoms with Crippen molar-refractivity contribution in [2.24, 2.45) is 0 Å². The molecular weight excluding hydrogens is 305 g/mol. The van der Waals surface area contributed by atoms with E-state index in [1.54, 1.807) is 0 Å². The third-order valence-electron chi connectivity index (χ3n) is 2.75. The van der Waals surface area contributed by atoms with Crippen LogP contribution < -0.4 is 0 Å². The van der Waals surface area contributed by atoms with Gasteiger partial charge in [-0.2, -0.15) is 4.31 Å². The predicted molar refractivity (Wildman–Crippen MR) is 68.3 cm³/mol. The summed E-state index contributed by atoms with van der Waals surface area (Å²) in [5.74, 6) is 0. The number of halogens is 2. The summed E-state index contributed by atoms with van der Waals surface area (Å²) in [4.78, 5) is 0.0366. The van der Waals surface area contributed by atoms with E-state index in [0.29, 0.717) is 17.3 Å². The molecule has 1 saturated heterocycles. The van der Waals surface area contributed by atoms with Crippen molar-refractivity contribution in [2.45, 2.75) is 23.8 Å². The van der Waals surface area contributed by atoms with Crippen LogP contribution in [0.5, 0.6) is 0 Å². The largest absolute Gasteiger partial charge is 0.395 e. The molecule has 4 nitrogen and oxygen atoms in total. The van der Waals surface area contributed by atoms with Crippen molar-refractivity contribution >= 4 is 44.6 Å². The van der Waals surface area contributed by atoms with Crippen LogP contribution in [0.25, 0.3) is 0 Å². The Morgan fingerprint density at radius 3 is 2.76 bits per heavy atom. The monoisotopic (exact) mass is 315 g/mol. The molecule has 1 N–H and O–H groups in total. The molecule has 1 aliphatic heterocycles. The van der Waals surface area contributed by atoms with E-state index in [1.165, 1.54) is 10.4 Å². The normalized spacial score (nSPS) is 22.2. The fraction of sp³-hybridized carbons (Fsp3) is 0.556. The van der Waals surface area contributed by atoms with Gasteiger partial charge in [-0.1, -0.05) is 23.2 Å². The van der Waals surface area contributed by atoms with Crippen LogP contribution >= 0.6 is 34.5 Å². The Morgan fingerprint density at radius 1 is 1.53 bits per heavy atom. The highest BCUT2D eigenvalue weighted by Gasteiger charge is 2.36. The molecule has 96 valence electrons. The minimum Gasteiger partial charge on any atom is -0.395 e. The second kappa shape index (κ2) is 5.03. The van der Waals surface area contributed by atoms with Crippen LogP contribution in [0.4, 0.5) is 0 Å². The molecule has 2 heterocycles. The Hall–Kier alpha value is 0.150. The maximum atomic E-state index is 12.3. The highest BCUT2D eigenvalue weighted by Crippen LogP contribution is 2.37. The zero-order valence-corrected chi connectivity index (χ0v) is 11.9. The summed E-state index contributed by atoms with van der Waals surface area (Å²) in [6.07, 6.45) is 1.42. The second-order valence-electron chi connectivity index (χ2n) is 3.78. The van der Waals surface area contributed by atoms with E-state index in [1.807, 2.05) is 0 Å². The van der Waals surface area contributed by atoms with E-state index in [9.17, 15) is 8.42 Å². The lowest BCUT2D eigenvalue weighted by Crippen LogP contribution is -2.37.